The lowest BCUT2D eigenvalue weighted by molar-refractivity contribution is -0.136. The lowest BCUT2D eigenvalue weighted by Crippen LogP contribution is -2.28. The highest BCUT2D eigenvalue weighted by Gasteiger charge is 2.48. The number of carboxylic acid groups (broad SMARTS) is 1. The molecule has 0 aliphatic heterocycles. The van der Waals surface area contributed by atoms with Gasteiger partial charge in [0.25, 0.3) is 0 Å². The topological polar surface area (TPSA) is 80.7 Å². The van der Waals surface area contributed by atoms with Crippen LogP contribution in [0.25, 0.3) is 10.8 Å². The van der Waals surface area contributed by atoms with E-state index in [4.69, 9.17) is 5.11 Å². The molecule has 0 fully saturated rings. The maximum Gasteiger partial charge on any atom is 0.534 e. The molecular weight excluding hydrogens is 363 g/mol. The van der Waals surface area contributed by atoms with Crippen LogP contribution in [0.4, 0.5) is 22.0 Å². The SMILES string of the molecule is O=C(O)Cc1cc(OS(=O)(=O)C(F)(F)F)c2c(F)c(F)ccc2c1. The van der Waals surface area contributed by atoms with Crippen LogP contribution in [0, 0.1) is 11.6 Å². The zero-order valence-corrected chi connectivity index (χ0v) is 12.2. The Labute approximate surface area is 131 Å². The van der Waals surface area contributed by atoms with Gasteiger partial charge in [-0.05, 0) is 23.1 Å². The molecule has 0 aliphatic rings. The Morgan fingerprint density at radius 3 is 2.33 bits per heavy atom. The highest BCUT2D eigenvalue weighted by molar-refractivity contribution is 7.88. The smallest absolute Gasteiger partial charge is 0.481 e. The normalized spacial score (nSPS) is 12.4. The first-order valence-corrected chi connectivity index (χ1v) is 7.46. The van der Waals surface area contributed by atoms with Crippen molar-refractivity contribution in [3.63, 3.8) is 0 Å². The van der Waals surface area contributed by atoms with Crippen molar-refractivity contribution in [2.24, 2.45) is 0 Å². The molecular formula is C13H7F5O5S. The Balaban J connectivity index is 2.73. The third kappa shape index (κ3) is 3.40. The van der Waals surface area contributed by atoms with Gasteiger partial charge < -0.3 is 9.29 Å². The Kier molecular flexibility index (Phi) is 4.40. The van der Waals surface area contributed by atoms with E-state index in [0.717, 1.165) is 12.1 Å². The Morgan fingerprint density at radius 2 is 1.79 bits per heavy atom. The van der Waals surface area contributed by atoms with Crippen molar-refractivity contribution in [2.45, 2.75) is 11.9 Å². The number of benzene rings is 2. The molecule has 0 bridgehead atoms. The summed E-state index contributed by atoms with van der Waals surface area (Å²) in [6.07, 6.45) is -0.697. The predicted molar refractivity (Wildman–Crippen MR) is 70.8 cm³/mol. The van der Waals surface area contributed by atoms with Crippen molar-refractivity contribution in [2.75, 3.05) is 0 Å². The van der Waals surface area contributed by atoms with Gasteiger partial charge in [0.1, 0.15) is 0 Å². The zero-order chi connectivity index (χ0) is 18.3. The summed E-state index contributed by atoms with van der Waals surface area (Å²) in [5.74, 6) is -5.59. The molecule has 0 saturated carbocycles. The van der Waals surface area contributed by atoms with E-state index in [1.54, 1.807) is 0 Å². The molecule has 0 aliphatic carbocycles. The number of aliphatic carboxylic acids is 1. The summed E-state index contributed by atoms with van der Waals surface area (Å²) in [6.45, 7) is 0. The van der Waals surface area contributed by atoms with E-state index < -0.39 is 50.8 Å². The van der Waals surface area contributed by atoms with Crippen LogP contribution in [0.2, 0.25) is 0 Å². The van der Waals surface area contributed by atoms with Crippen molar-refractivity contribution in [3.05, 3.63) is 41.5 Å². The van der Waals surface area contributed by atoms with Gasteiger partial charge in [-0.15, -0.1) is 0 Å². The molecule has 2 rings (SSSR count). The second-order valence-electron chi connectivity index (χ2n) is 4.61. The first kappa shape index (κ1) is 17.9. The van der Waals surface area contributed by atoms with Crippen molar-refractivity contribution >= 4 is 26.9 Å². The average molecular weight is 370 g/mol. The van der Waals surface area contributed by atoms with Crippen molar-refractivity contribution in [3.8, 4) is 5.75 Å². The number of alkyl halides is 3. The fourth-order valence-corrected chi connectivity index (χ4v) is 2.39. The van der Waals surface area contributed by atoms with Crippen LogP contribution in [0.1, 0.15) is 5.56 Å². The summed E-state index contributed by atoms with van der Waals surface area (Å²) in [6, 6.07) is 3.28. The molecule has 0 saturated heterocycles. The molecule has 1 N–H and O–H groups in total. The van der Waals surface area contributed by atoms with Gasteiger partial charge >= 0.3 is 21.6 Å². The maximum absolute atomic E-state index is 13.9. The number of fused-ring (bicyclic) bond motifs is 1. The maximum atomic E-state index is 13.9. The fraction of sp³-hybridized carbons (Fsp3) is 0.154. The molecule has 130 valence electrons. The van der Waals surface area contributed by atoms with E-state index in [9.17, 15) is 35.2 Å². The van der Waals surface area contributed by atoms with Gasteiger partial charge in [0.15, 0.2) is 17.4 Å². The molecule has 2 aromatic rings. The third-order valence-electron chi connectivity index (χ3n) is 2.87. The molecule has 0 heterocycles. The highest BCUT2D eigenvalue weighted by Crippen LogP contribution is 2.35. The van der Waals surface area contributed by atoms with Crippen LogP contribution in [0.15, 0.2) is 24.3 Å². The molecule has 11 heteroatoms. The Hall–Kier alpha value is -2.43. The van der Waals surface area contributed by atoms with E-state index >= 15 is 0 Å². The second-order valence-corrected chi connectivity index (χ2v) is 6.14. The van der Waals surface area contributed by atoms with Crippen LogP contribution >= 0.6 is 0 Å². The van der Waals surface area contributed by atoms with E-state index in [1.165, 1.54) is 0 Å². The molecule has 0 spiro atoms. The largest absolute Gasteiger partial charge is 0.534 e. The van der Waals surface area contributed by atoms with Gasteiger partial charge in [-0.1, -0.05) is 12.1 Å². The number of hydrogen-bond acceptors (Lipinski definition) is 4. The fourth-order valence-electron chi connectivity index (χ4n) is 1.93. The van der Waals surface area contributed by atoms with Crippen LogP contribution < -0.4 is 4.18 Å². The van der Waals surface area contributed by atoms with Gasteiger partial charge in [0.05, 0.1) is 11.8 Å². The lowest BCUT2D eigenvalue weighted by Gasteiger charge is -2.13. The Morgan fingerprint density at radius 1 is 1.17 bits per heavy atom. The van der Waals surface area contributed by atoms with Crippen molar-refractivity contribution in [1.29, 1.82) is 0 Å². The number of rotatable bonds is 4. The minimum absolute atomic E-state index is 0.159. The van der Waals surface area contributed by atoms with Crippen molar-refractivity contribution in [1.82, 2.24) is 0 Å². The molecule has 2 aromatic carbocycles. The number of carbonyl (C=O) groups is 1. The molecule has 0 unspecified atom stereocenters. The number of hydrogen-bond donors (Lipinski definition) is 1. The van der Waals surface area contributed by atoms with E-state index in [-0.39, 0.29) is 10.9 Å². The van der Waals surface area contributed by atoms with Crippen molar-refractivity contribution < 1.29 is 44.5 Å². The average Bonchev–Trinajstić information content (AvgIpc) is 2.40. The van der Waals surface area contributed by atoms with Gasteiger partial charge in [-0.2, -0.15) is 21.6 Å². The first-order valence-electron chi connectivity index (χ1n) is 6.05. The van der Waals surface area contributed by atoms with Crippen LogP contribution in [-0.4, -0.2) is 25.0 Å². The van der Waals surface area contributed by atoms with Gasteiger partial charge in [0, 0.05) is 0 Å². The number of halogens is 5. The van der Waals surface area contributed by atoms with Gasteiger partial charge in [-0.3, -0.25) is 4.79 Å². The molecule has 0 atom stereocenters. The summed E-state index contributed by atoms with van der Waals surface area (Å²) in [5.41, 5.74) is -5.96. The quantitative estimate of drug-likeness (QED) is 0.508. The molecule has 0 radical (unpaired) electrons. The Bertz CT molecular complexity index is 920. The second kappa shape index (κ2) is 5.89. The number of carboxylic acids is 1. The summed E-state index contributed by atoms with van der Waals surface area (Å²) in [5, 5.41) is 7.65. The molecule has 0 aromatic heterocycles. The highest BCUT2D eigenvalue weighted by atomic mass is 32.2. The summed E-state index contributed by atoms with van der Waals surface area (Å²) >= 11 is 0. The summed E-state index contributed by atoms with van der Waals surface area (Å²) in [7, 11) is -6.15. The standard InChI is InChI=1S/C13H7F5O5S/c14-8-2-1-7-3-6(5-10(19)20)4-9(11(7)12(8)15)23-24(21,22)13(16,17)18/h1-4H,5H2,(H,19,20). The summed E-state index contributed by atoms with van der Waals surface area (Å²) < 4.78 is 90.6. The molecule has 0 amide bonds. The first-order chi connectivity index (χ1) is 10.9. The predicted octanol–water partition coefficient (Wildman–Crippen LogP) is 2.97. The zero-order valence-electron chi connectivity index (χ0n) is 11.4. The van der Waals surface area contributed by atoms with Crippen LogP contribution in [-0.2, 0) is 21.3 Å². The third-order valence-corrected chi connectivity index (χ3v) is 3.84. The van der Waals surface area contributed by atoms with E-state index in [1.807, 2.05) is 0 Å². The summed E-state index contributed by atoms with van der Waals surface area (Å²) in [4.78, 5) is 10.7. The van der Waals surface area contributed by atoms with Crippen LogP contribution in [0.3, 0.4) is 0 Å². The minimum Gasteiger partial charge on any atom is -0.481 e. The van der Waals surface area contributed by atoms with Crippen LogP contribution in [0.5, 0.6) is 5.75 Å². The molecule has 24 heavy (non-hydrogen) atoms. The molecule has 5 nitrogen and oxygen atoms in total. The van der Waals surface area contributed by atoms with E-state index in [0.29, 0.717) is 12.1 Å². The van der Waals surface area contributed by atoms with Gasteiger partial charge in [-0.25, -0.2) is 8.78 Å². The minimum atomic E-state index is -6.15. The monoisotopic (exact) mass is 370 g/mol. The van der Waals surface area contributed by atoms with Gasteiger partial charge in [0.2, 0.25) is 0 Å². The van der Waals surface area contributed by atoms with E-state index in [2.05, 4.69) is 4.18 Å². The lowest BCUT2D eigenvalue weighted by atomic mass is 10.0.